The second-order valence-corrected chi connectivity index (χ2v) is 7.47. The molecule has 7 heteroatoms. The third-order valence-electron chi connectivity index (χ3n) is 5.10. The summed E-state index contributed by atoms with van der Waals surface area (Å²) in [5.41, 5.74) is 1.92. The number of nitrogens with one attached hydrogen (secondary N) is 1. The molecule has 0 spiro atoms. The average Bonchev–Trinajstić information content (AvgIpc) is 3.14. The van der Waals surface area contributed by atoms with Crippen molar-refractivity contribution in [2.75, 3.05) is 31.6 Å². The number of hydrogen-bond acceptors (Lipinski definition) is 5. The van der Waals surface area contributed by atoms with Crippen molar-refractivity contribution in [1.82, 2.24) is 4.90 Å². The first-order chi connectivity index (χ1) is 15.1. The molecule has 0 saturated carbocycles. The van der Waals surface area contributed by atoms with E-state index in [1.807, 2.05) is 0 Å². The summed E-state index contributed by atoms with van der Waals surface area (Å²) in [5, 5.41) is 2.89. The lowest BCUT2D eigenvalue weighted by atomic mass is 10.2. The van der Waals surface area contributed by atoms with Crippen LogP contribution in [0.3, 0.4) is 0 Å². The zero-order valence-electron chi connectivity index (χ0n) is 17.4. The Morgan fingerprint density at radius 3 is 2.65 bits per heavy atom. The number of aryl methyl sites for hydroxylation is 1. The highest BCUT2D eigenvalue weighted by atomic mass is 19.1. The van der Waals surface area contributed by atoms with Gasteiger partial charge < -0.3 is 19.2 Å². The number of furan rings is 1. The molecule has 6 nitrogen and oxygen atoms in total. The molecule has 1 aromatic heterocycles. The molecule has 3 aromatic rings. The van der Waals surface area contributed by atoms with E-state index >= 15 is 0 Å². The first-order valence-corrected chi connectivity index (χ1v) is 10.2. The van der Waals surface area contributed by atoms with Crippen LogP contribution in [0.5, 0.6) is 5.75 Å². The zero-order valence-corrected chi connectivity index (χ0v) is 17.4. The molecule has 162 valence electrons. The predicted octanol–water partition coefficient (Wildman–Crippen LogP) is 4.39. The highest BCUT2D eigenvalue weighted by molar-refractivity contribution is 6.05. The first-order valence-electron chi connectivity index (χ1n) is 10.2. The minimum atomic E-state index is -0.290. The van der Waals surface area contributed by atoms with Gasteiger partial charge in [-0.05, 0) is 55.0 Å². The minimum absolute atomic E-state index is 0.220. The van der Waals surface area contributed by atoms with Crippen molar-refractivity contribution in [3.8, 4) is 5.75 Å². The number of halogens is 1. The molecular weight excluding hydrogens is 399 g/mol. The van der Waals surface area contributed by atoms with Crippen molar-refractivity contribution < 1.29 is 23.1 Å². The summed E-state index contributed by atoms with van der Waals surface area (Å²) in [5.74, 6) is 1.49. The van der Waals surface area contributed by atoms with Gasteiger partial charge in [0.25, 0.3) is 5.91 Å². The Morgan fingerprint density at radius 2 is 1.90 bits per heavy atom. The van der Waals surface area contributed by atoms with Crippen molar-refractivity contribution in [1.29, 1.82) is 0 Å². The van der Waals surface area contributed by atoms with Crippen molar-refractivity contribution in [3.63, 3.8) is 0 Å². The van der Waals surface area contributed by atoms with E-state index in [2.05, 4.69) is 10.2 Å². The Kier molecular flexibility index (Phi) is 6.64. The van der Waals surface area contributed by atoms with E-state index in [0.717, 1.165) is 37.6 Å². The molecule has 31 heavy (non-hydrogen) atoms. The van der Waals surface area contributed by atoms with Crippen LogP contribution in [0, 0.1) is 12.7 Å². The van der Waals surface area contributed by atoms with Crippen molar-refractivity contribution in [3.05, 3.63) is 83.1 Å². The molecule has 1 amide bonds. The van der Waals surface area contributed by atoms with Gasteiger partial charge in [0.2, 0.25) is 0 Å². The Hall–Kier alpha value is -3.16. The Bertz CT molecular complexity index is 1030. The second-order valence-electron chi connectivity index (χ2n) is 7.47. The van der Waals surface area contributed by atoms with Crippen LogP contribution in [0.2, 0.25) is 0 Å². The zero-order chi connectivity index (χ0) is 21.6. The molecule has 1 saturated heterocycles. The fourth-order valence-electron chi connectivity index (χ4n) is 3.45. The molecule has 4 rings (SSSR count). The van der Waals surface area contributed by atoms with Gasteiger partial charge in [-0.15, -0.1) is 0 Å². The maximum atomic E-state index is 13.2. The van der Waals surface area contributed by atoms with Gasteiger partial charge in [-0.25, -0.2) is 4.39 Å². The van der Waals surface area contributed by atoms with Crippen LogP contribution < -0.4 is 10.1 Å². The van der Waals surface area contributed by atoms with Crippen LogP contribution in [-0.4, -0.2) is 37.1 Å². The van der Waals surface area contributed by atoms with E-state index in [1.165, 1.54) is 12.1 Å². The molecule has 0 aliphatic carbocycles. The summed E-state index contributed by atoms with van der Waals surface area (Å²) in [7, 11) is 0. The number of rotatable bonds is 7. The average molecular weight is 424 g/mol. The van der Waals surface area contributed by atoms with E-state index in [4.69, 9.17) is 13.9 Å². The van der Waals surface area contributed by atoms with Gasteiger partial charge in [-0.2, -0.15) is 0 Å². The summed E-state index contributed by atoms with van der Waals surface area (Å²) < 4.78 is 30.1. The number of carbonyl (C=O) groups excluding carboxylic acids is 1. The smallest absolute Gasteiger partial charge is 0.259 e. The number of morpholine rings is 1. The summed E-state index contributed by atoms with van der Waals surface area (Å²) in [4.78, 5) is 14.9. The number of amides is 1. The standard InChI is InChI=1S/C24H25FN2O4/c1-17-23(14-22(31-17)15-27-9-11-29-12-10-27)24(28)26-20-5-7-21(8-6-20)30-16-18-3-2-4-19(25)13-18/h2-8,13-14H,9-12,15-16H2,1H3,(H,26,28). The lowest BCUT2D eigenvalue weighted by Gasteiger charge is -2.25. The fraction of sp³-hybridized carbons (Fsp3) is 0.292. The second kappa shape index (κ2) is 9.76. The number of anilines is 1. The molecular formula is C24H25FN2O4. The molecule has 1 N–H and O–H groups in total. The van der Waals surface area contributed by atoms with Crippen LogP contribution in [0.25, 0.3) is 0 Å². The largest absolute Gasteiger partial charge is 0.489 e. The molecule has 0 radical (unpaired) electrons. The van der Waals surface area contributed by atoms with Gasteiger partial charge in [0.1, 0.15) is 29.7 Å². The van der Waals surface area contributed by atoms with Crippen molar-refractivity contribution in [2.45, 2.75) is 20.1 Å². The van der Waals surface area contributed by atoms with Crippen molar-refractivity contribution >= 4 is 11.6 Å². The monoisotopic (exact) mass is 424 g/mol. The molecule has 2 heterocycles. The molecule has 1 aliphatic heterocycles. The molecule has 0 bridgehead atoms. The fourth-order valence-corrected chi connectivity index (χ4v) is 3.45. The van der Waals surface area contributed by atoms with Crippen LogP contribution in [0.15, 0.2) is 59.0 Å². The number of benzene rings is 2. The number of ether oxygens (including phenoxy) is 2. The van der Waals surface area contributed by atoms with Crippen LogP contribution in [0.1, 0.15) is 27.4 Å². The third kappa shape index (κ3) is 5.71. The van der Waals surface area contributed by atoms with Gasteiger partial charge in [0.05, 0.1) is 25.3 Å². The molecule has 2 aromatic carbocycles. The minimum Gasteiger partial charge on any atom is -0.489 e. The summed E-state index contributed by atoms with van der Waals surface area (Å²) >= 11 is 0. The summed E-state index contributed by atoms with van der Waals surface area (Å²) in [6, 6.07) is 15.2. The maximum absolute atomic E-state index is 13.2. The van der Waals surface area contributed by atoms with Gasteiger partial charge in [-0.3, -0.25) is 9.69 Å². The Labute approximate surface area is 180 Å². The maximum Gasteiger partial charge on any atom is 0.259 e. The molecule has 1 aliphatic rings. The number of carbonyl (C=O) groups is 1. The van der Waals surface area contributed by atoms with Gasteiger partial charge >= 0.3 is 0 Å². The van der Waals surface area contributed by atoms with E-state index in [9.17, 15) is 9.18 Å². The number of hydrogen-bond donors (Lipinski definition) is 1. The van der Waals surface area contributed by atoms with E-state index in [1.54, 1.807) is 49.4 Å². The van der Waals surface area contributed by atoms with Crippen LogP contribution in [0.4, 0.5) is 10.1 Å². The SMILES string of the molecule is Cc1oc(CN2CCOCC2)cc1C(=O)Nc1ccc(OCc2cccc(F)c2)cc1. The highest BCUT2D eigenvalue weighted by Gasteiger charge is 2.18. The molecule has 0 unspecified atom stereocenters. The van der Waals surface area contributed by atoms with Gasteiger partial charge in [0, 0.05) is 18.8 Å². The third-order valence-corrected chi connectivity index (χ3v) is 5.10. The normalized spacial score (nSPS) is 14.4. The van der Waals surface area contributed by atoms with Crippen molar-refractivity contribution in [2.24, 2.45) is 0 Å². The highest BCUT2D eigenvalue weighted by Crippen LogP contribution is 2.21. The Balaban J connectivity index is 1.33. The molecule has 1 fully saturated rings. The molecule has 0 atom stereocenters. The van der Waals surface area contributed by atoms with E-state index in [-0.39, 0.29) is 18.3 Å². The summed E-state index contributed by atoms with van der Waals surface area (Å²) in [6.07, 6.45) is 0. The van der Waals surface area contributed by atoms with Crippen LogP contribution >= 0.6 is 0 Å². The van der Waals surface area contributed by atoms with E-state index < -0.39 is 0 Å². The lowest BCUT2D eigenvalue weighted by molar-refractivity contribution is 0.0312. The predicted molar refractivity (Wildman–Crippen MR) is 115 cm³/mol. The first kappa shape index (κ1) is 21.1. The Morgan fingerprint density at radius 1 is 1.13 bits per heavy atom. The summed E-state index contributed by atoms with van der Waals surface area (Å²) in [6.45, 7) is 5.87. The number of nitrogens with zero attached hydrogens (tertiary/aromatic N) is 1. The van der Waals surface area contributed by atoms with Gasteiger partial charge in [0.15, 0.2) is 0 Å². The topological polar surface area (TPSA) is 63.9 Å². The van der Waals surface area contributed by atoms with Crippen LogP contribution in [-0.2, 0) is 17.9 Å². The quantitative estimate of drug-likeness (QED) is 0.609. The van der Waals surface area contributed by atoms with Gasteiger partial charge in [-0.1, -0.05) is 12.1 Å². The van der Waals surface area contributed by atoms with E-state index in [0.29, 0.717) is 29.3 Å². The lowest BCUT2D eigenvalue weighted by Crippen LogP contribution is -2.35.